The maximum absolute atomic E-state index is 11.0. The van der Waals surface area contributed by atoms with Gasteiger partial charge < -0.3 is 10.1 Å². The molecule has 2 rings (SSSR count). The van der Waals surface area contributed by atoms with E-state index >= 15 is 0 Å². The lowest BCUT2D eigenvalue weighted by Crippen LogP contribution is -2.16. The van der Waals surface area contributed by atoms with Gasteiger partial charge in [0.1, 0.15) is 5.69 Å². The van der Waals surface area contributed by atoms with Gasteiger partial charge in [-0.15, -0.1) is 0 Å². The Kier molecular flexibility index (Phi) is 5.29. The van der Waals surface area contributed by atoms with E-state index < -0.39 is 0 Å². The van der Waals surface area contributed by atoms with E-state index in [9.17, 15) is 10.1 Å². The van der Waals surface area contributed by atoms with Crippen LogP contribution in [0.4, 0.5) is 11.4 Å². The number of rotatable bonds is 7. The first-order chi connectivity index (χ1) is 10.2. The highest BCUT2D eigenvalue weighted by molar-refractivity contribution is 5.61. The van der Waals surface area contributed by atoms with E-state index in [0.717, 1.165) is 5.56 Å². The predicted octanol–water partition coefficient (Wildman–Crippen LogP) is 3.78. The number of benzene rings is 2. The van der Waals surface area contributed by atoms with Crippen LogP contribution in [0.5, 0.6) is 0 Å². The smallest absolute Gasteiger partial charge is 0.292 e. The molecule has 0 heterocycles. The molecule has 0 aromatic heterocycles. The molecular weight excluding hydrogens is 268 g/mol. The lowest BCUT2D eigenvalue weighted by Gasteiger charge is -2.18. The van der Waals surface area contributed by atoms with E-state index in [1.54, 1.807) is 18.2 Å². The van der Waals surface area contributed by atoms with Gasteiger partial charge in [-0.3, -0.25) is 10.1 Å². The summed E-state index contributed by atoms with van der Waals surface area (Å²) in [7, 11) is 0. The molecule has 0 saturated carbocycles. The highest BCUT2D eigenvalue weighted by Gasteiger charge is 2.15. The third kappa shape index (κ3) is 4.03. The topological polar surface area (TPSA) is 64.4 Å². The van der Waals surface area contributed by atoms with Gasteiger partial charge >= 0.3 is 0 Å². The number of nitrogens with one attached hydrogen (secondary N) is 1. The Labute approximate surface area is 123 Å². The molecule has 5 heteroatoms. The van der Waals surface area contributed by atoms with Crippen molar-refractivity contribution in [2.45, 2.75) is 13.0 Å². The van der Waals surface area contributed by atoms with Gasteiger partial charge in [-0.05, 0) is 18.6 Å². The largest absolute Gasteiger partial charge is 0.377 e. The second-order valence-corrected chi connectivity index (χ2v) is 4.51. The average Bonchev–Trinajstić information content (AvgIpc) is 2.52. The molecule has 0 radical (unpaired) electrons. The Balaban J connectivity index is 2.11. The van der Waals surface area contributed by atoms with E-state index in [1.165, 1.54) is 6.07 Å². The van der Waals surface area contributed by atoms with Crippen molar-refractivity contribution in [1.29, 1.82) is 0 Å². The second kappa shape index (κ2) is 7.40. The van der Waals surface area contributed by atoms with E-state index in [4.69, 9.17) is 4.74 Å². The quantitative estimate of drug-likeness (QED) is 0.621. The number of ether oxygens (including phenoxy) is 1. The summed E-state index contributed by atoms with van der Waals surface area (Å²) in [5, 5.41) is 14.1. The summed E-state index contributed by atoms with van der Waals surface area (Å²) in [4.78, 5) is 10.6. The molecule has 5 nitrogen and oxygen atoms in total. The van der Waals surface area contributed by atoms with Gasteiger partial charge in [0.05, 0.1) is 11.0 Å². The minimum atomic E-state index is -0.388. The molecule has 110 valence electrons. The number of nitrogens with zero attached hydrogens (tertiary/aromatic N) is 1. The summed E-state index contributed by atoms with van der Waals surface area (Å²) in [5.74, 6) is 0. The molecule has 2 aromatic rings. The minimum absolute atomic E-state index is 0.0702. The first-order valence-corrected chi connectivity index (χ1v) is 6.86. The van der Waals surface area contributed by atoms with Crippen LogP contribution < -0.4 is 5.32 Å². The van der Waals surface area contributed by atoms with Crippen molar-refractivity contribution in [3.8, 4) is 0 Å². The zero-order valence-electron chi connectivity index (χ0n) is 11.9. The Morgan fingerprint density at radius 2 is 1.81 bits per heavy atom. The fraction of sp³-hybridized carbons (Fsp3) is 0.250. The molecule has 0 aliphatic rings. The van der Waals surface area contributed by atoms with Gasteiger partial charge in [0.15, 0.2) is 0 Å². The molecule has 2 aromatic carbocycles. The number of nitro groups is 1. The Bertz CT molecular complexity index is 587. The van der Waals surface area contributed by atoms with Gasteiger partial charge in [0, 0.05) is 19.2 Å². The van der Waals surface area contributed by atoms with E-state index in [1.807, 2.05) is 37.3 Å². The molecule has 1 atom stereocenters. The lowest BCUT2D eigenvalue weighted by atomic mass is 10.1. The van der Waals surface area contributed by atoms with Crippen molar-refractivity contribution in [2.24, 2.45) is 0 Å². The Morgan fingerprint density at radius 1 is 1.14 bits per heavy atom. The van der Waals surface area contributed by atoms with Crippen LogP contribution >= 0.6 is 0 Å². The molecule has 0 bridgehead atoms. The molecule has 1 N–H and O–H groups in total. The summed E-state index contributed by atoms with van der Waals surface area (Å²) in [6.45, 7) is 2.99. The first-order valence-electron chi connectivity index (χ1n) is 6.86. The Morgan fingerprint density at radius 3 is 2.48 bits per heavy atom. The molecule has 0 aliphatic heterocycles. The molecule has 1 unspecified atom stereocenters. The summed E-state index contributed by atoms with van der Waals surface area (Å²) < 4.78 is 5.72. The monoisotopic (exact) mass is 286 g/mol. The highest BCUT2D eigenvalue weighted by Crippen LogP contribution is 2.25. The summed E-state index contributed by atoms with van der Waals surface area (Å²) in [5.41, 5.74) is 1.62. The molecule has 21 heavy (non-hydrogen) atoms. The SMILES string of the molecule is CCOC(CNc1ccccc1[N+](=O)[O-])c1ccccc1. The van der Waals surface area contributed by atoms with Crippen LogP contribution in [0.3, 0.4) is 0 Å². The van der Waals surface area contributed by atoms with Crippen molar-refractivity contribution in [1.82, 2.24) is 0 Å². The van der Waals surface area contributed by atoms with Crippen molar-refractivity contribution in [2.75, 3.05) is 18.5 Å². The van der Waals surface area contributed by atoms with Crippen LogP contribution in [0, 0.1) is 10.1 Å². The summed E-state index contributed by atoms with van der Waals surface area (Å²) >= 11 is 0. The number of hydrogen-bond acceptors (Lipinski definition) is 4. The molecule has 0 aliphatic carbocycles. The first kappa shape index (κ1) is 15.0. The average molecular weight is 286 g/mol. The molecular formula is C16H18N2O3. The number of anilines is 1. The molecule has 0 amide bonds. The van der Waals surface area contributed by atoms with Gasteiger partial charge in [-0.25, -0.2) is 0 Å². The van der Waals surface area contributed by atoms with Gasteiger partial charge in [0.25, 0.3) is 5.69 Å². The van der Waals surface area contributed by atoms with Crippen molar-refractivity contribution >= 4 is 11.4 Å². The number of hydrogen-bond donors (Lipinski definition) is 1. The highest BCUT2D eigenvalue weighted by atomic mass is 16.6. The van der Waals surface area contributed by atoms with E-state index in [2.05, 4.69) is 5.32 Å². The number of para-hydroxylation sites is 2. The molecule has 0 spiro atoms. The lowest BCUT2D eigenvalue weighted by molar-refractivity contribution is -0.384. The maximum Gasteiger partial charge on any atom is 0.292 e. The van der Waals surface area contributed by atoms with Crippen molar-refractivity contribution < 1.29 is 9.66 Å². The van der Waals surface area contributed by atoms with Gasteiger partial charge in [0.2, 0.25) is 0 Å². The fourth-order valence-corrected chi connectivity index (χ4v) is 2.13. The van der Waals surface area contributed by atoms with Crippen LogP contribution in [0.2, 0.25) is 0 Å². The molecule has 0 fully saturated rings. The van der Waals surface area contributed by atoms with Crippen molar-refractivity contribution in [3.05, 3.63) is 70.3 Å². The van der Waals surface area contributed by atoms with Gasteiger partial charge in [-0.2, -0.15) is 0 Å². The normalized spacial score (nSPS) is 11.9. The van der Waals surface area contributed by atoms with Crippen LogP contribution in [0.1, 0.15) is 18.6 Å². The van der Waals surface area contributed by atoms with Gasteiger partial charge in [-0.1, -0.05) is 42.5 Å². The zero-order chi connectivity index (χ0) is 15.1. The van der Waals surface area contributed by atoms with E-state index in [-0.39, 0.29) is 16.7 Å². The zero-order valence-corrected chi connectivity index (χ0v) is 11.9. The third-order valence-electron chi connectivity index (χ3n) is 3.12. The van der Waals surface area contributed by atoms with Crippen LogP contribution in [0.25, 0.3) is 0 Å². The van der Waals surface area contributed by atoms with Crippen LogP contribution in [-0.4, -0.2) is 18.1 Å². The van der Waals surface area contributed by atoms with Crippen molar-refractivity contribution in [3.63, 3.8) is 0 Å². The molecule has 0 saturated heterocycles. The minimum Gasteiger partial charge on any atom is -0.377 e. The summed E-state index contributed by atoms with van der Waals surface area (Å²) in [6, 6.07) is 16.4. The number of nitro benzene ring substituents is 1. The summed E-state index contributed by atoms with van der Waals surface area (Å²) in [6.07, 6.45) is -0.143. The fourth-order valence-electron chi connectivity index (χ4n) is 2.13. The Hall–Kier alpha value is -2.40. The van der Waals surface area contributed by atoms with Crippen LogP contribution in [0.15, 0.2) is 54.6 Å². The third-order valence-corrected chi connectivity index (χ3v) is 3.12. The second-order valence-electron chi connectivity index (χ2n) is 4.51. The van der Waals surface area contributed by atoms with Crippen LogP contribution in [-0.2, 0) is 4.74 Å². The van der Waals surface area contributed by atoms with E-state index in [0.29, 0.717) is 18.8 Å². The standard InChI is InChI=1S/C16H18N2O3/c1-2-21-16(13-8-4-3-5-9-13)12-17-14-10-6-7-11-15(14)18(19)20/h3-11,16-17H,2,12H2,1H3. The maximum atomic E-state index is 11.0. The predicted molar refractivity (Wildman–Crippen MR) is 82.4 cm³/mol.